The molecule has 0 amide bonds. The Labute approximate surface area is 101 Å². The van der Waals surface area contributed by atoms with Crippen LogP contribution in [0.25, 0.3) is 0 Å². The molecule has 0 radical (unpaired) electrons. The van der Waals surface area contributed by atoms with Crippen molar-refractivity contribution in [3.05, 3.63) is 23.7 Å². The van der Waals surface area contributed by atoms with Crippen LogP contribution in [-0.2, 0) is 14.2 Å². The monoisotopic (exact) mass is 226 g/mol. The highest BCUT2D eigenvalue weighted by Crippen LogP contribution is 2.00. The van der Waals surface area contributed by atoms with Crippen LogP contribution in [0.1, 0.15) is 23.0 Å². The summed E-state index contributed by atoms with van der Waals surface area (Å²) < 4.78 is 30.5. The topological polar surface area (TPSA) is 27.7 Å². The van der Waals surface area contributed by atoms with Gasteiger partial charge in [-0.3, -0.25) is 0 Å². The fraction of sp³-hybridized carbons (Fsp3) is 0.538. The second kappa shape index (κ2) is 10.1. The highest BCUT2D eigenvalue weighted by Gasteiger charge is 1.91. The van der Waals surface area contributed by atoms with Gasteiger partial charge in [0.1, 0.15) is 6.56 Å². The summed E-state index contributed by atoms with van der Waals surface area (Å²) >= 11 is 0. The molecule has 90 valence electrons. The van der Waals surface area contributed by atoms with E-state index < -0.39 is 6.56 Å². The second-order valence-electron chi connectivity index (χ2n) is 3.05. The lowest BCUT2D eigenvalue weighted by Gasteiger charge is -2.06. The fourth-order valence-corrected chi connectivity index (χ4v) is 0.760. The van der Waals surface area contributed by atoms with Gasteiger partial charge in [0.15, 0.2) is 0 Å². The number of terminal acetylenes is 1. The Balaban J connectivity index is 4.35. The Morgan fingerprint density at radius 3 is 2.62 bits per heavy atom. The van der Waals surface area contributed by atoms with Crippen LogP contribution in [0.4, 0.5) is 0 Å². The molecule has 0 aromatic rings. The Hall–Kier alpha value is -1.40. The molecule has 0 bridgehead atoms. The maximum Gasteiger partial charge on any atom is 0.109 e. The highest BCUT2D eigenvalue weighted by atomic mass is 16.5. The van der Waals surface area contributed by atoms with Crippen LogP contribution >= 0.6 is 0 Å². The summed E-state index contributed by atoms with van der Waals surface area (Å²) in [5.41, 5.74) is 0. The summed E-state index contributed by atoms with van der Waals surface area (Å²) in [6.07, 6.45) is 8.50. The van der Waals surface area contributed by atoms with Gasteiger partial charge in [-0.15, -0.1) is 12.3 Å². The van der Waals surface area contributed by atoms with Crippen molar-refractivity contribution >= 4 is 0 Å². The molecule has 0 aliphatic carbocycles. The molecule has 0 spiro atoms. The zero-order chi connectivity index (χ0) is 14.0. The number of ether oxygens (including phenoxy) is 3. The van der Waals surface area contributed by atoms with E-state index in [1.807, 2.05) is 0 Å². The first-order valence-corrected chi connectivity index (χ1v) is 5.01. The maximum absolute atomic E-state index is 7.67. The SMILES string of the molecule is [2H]C([2H])(/C=C(\C)OCCC#C)O/C(C)=C/COC. The van der Waals surface area contributed by atoms with Gasteiger partial charge in [-0.1, -0.05) is 0 Å². The summed E-state index contributed by atoms with van der Waals surface area (Å²) in [5, 5.41) is 0. The van der Waals surface area contributed by atoms with Crippen molar-refractivity contribution in [2.75, 3.05) is 26.9 Å². The zero-order valence-electron chi connectivity index (χ0n) is 12.1. The van der Waals surface area contributed by atoms with Crippen LogP contribution in [0.2, 0.25) is 0 Å². The first kappa shape index (κ1) is 11.1. The van der Waals surface area contributed by atoms with Crippen LogP contribution in [0.3, 0.4) is 0 Å². The van der Waals surface area contributed by atoms with Crippen LogP contribution in [0, 0.1) is 12.3 Å². The van der Waals surface area contributed by atoms with Crippen LogP contribution < -0.4 is 0 Å². The lowest BCUT2D eigenvalue weighted by Crippen LogP contribution is -1.95. The predicted molar refractivity (Wildman–Crippen MR) is 64.7 cm³/mol. The molecular weight excluding hydrogens is 204 g/mol. The minimum absolute atomic E-state index is 0.368. The molecule has 16 heavy (non-hydrogen) atoms. The first-order chi connectivity index (χ1) is 8.41. The van der Waals surface area contributed by atoms with E-state index in [4.69, 9.17) is 23.4 Å². The predicted octanol–water partition coefficient (Wildman–Crippen LogP) is 2.50. The lowest BCUT2D eigenvalue weighted by molar-refractivity contribution is 0.201. The summed E-state index contributed by atoms with van der Waals surface area (Å²) in [7, 11) is 1.56. The quantitative estimate of drug-likeness (QED) is 0.361. The van der Waals surface area contributed by atoms with E-state index in [2.05, 4.69) is 5.92 Å². The molecule has 0 aromatic heterocycles. The van der Waals surface area contributed by atoms with Gasteiger partial charge in [0.05, 0.1) is 27.5 Å². The molecule has 0 aliphatic heterocycles. The third-order valence-corrected chi connectivity index (χ3v) is 1.60. The largest absolute Gasteiger partial charge is 0.497 e. The third kappa shape index (κ3) is 9.17. The van der Waals surface area contributed by atoms with E-state index >= 15 is 0 Å². The standard InChI is InChI=1S/C13H20O3/c1-5-6-9-15-13(3)8-11-16-12(2)7-10-14-4/h1,7-8H,6,9-11H2,2-4H3/b12-7+,13-8+/i11D2. The maximum atomic E-state index is 7.67. The third-order valence-electron chi connectivity index (χ3n) is 1.60. The molecule has 0 N–H and O–H groups in total. The molecule has 3 heteroatoms. The number of rotatable bonds is 8. The van der Waals surface area contributed by atoms with E-state index in [-0.39, 0.29) is 0 Å². The normalized spacial score (nSPS) is 14.9. The van der Waals surface area contributed by atoms with Gasteiger partial charge in [-0.25, -0.2) is 0 Å². The van der Waals surface area contributed by atoms with Crippen LogP contribution in [-0.4, -0.2) is 26.9 Å². The average molecular weight is 226 g/mol. The molecule has 0 saturated heterocycles. The summed E-state index contributed by atoms with van der Waals surface area (Å²) in [6, 6.07) is 0. The van der Waals surface area contributed by atoms with E-state index in [0.717, 1.165) is 0 Å². The van der Waals surface area contributed by atoms with Crippen LogP contribution in [0.5, 0.6) is 0 Å². The minimum Gasteiger partial charge on any atom is -0.497 e. The van der Waals surface area contributed by atoms with Crippen molar-refractivity contribution in [1.29, 1.82) is 0 Å². The van der Waals surface area contributed by atoms with E-state index in [1.165, 1.54) is 6.08 Å². The lowest BCUT2D eigenvalue weighted by atomic mass is 10.4. The summed E-state index contributed by atoms with van der Waals surface area (Å²) in [4.78, 5) is 0. The van der Waals surface area contributed by atoms with Crippen molar-refractivity contribution in [2.45, 2.75) is 20.3 Å². The molecule has 0 aromatic carbocycles. The van der Waals surface area contributed by atoms with E-state index in [0.29, 0.717) is 31.2 Å². The second-order valence-corrected chi connectivity index (χ2v) is 3.05. The fourth-order valence-electron chi connectivity index (χ4n) is 0.760. The molecule has 3 nitrogen and oxygen atoms in total. The van der Waals surface area contributed by atoms with Gasteiger partial charge in [-0.05, 0) is 26.0 Å². The summed E-state index contributed by atoms with van der Waals surface area (Å²) in [6.45, 7) is 2.15. The Morgan fingerprint density at radius 1 is 1.31 bits per heavy atom. The van der Waals surface area contributed by atoms with Gasteiger partial charge < -0.3 is 14.2 Å². The molecule has 0 saturated carbocycles. The zero-order valence-corrected chi connectivity index (χ0v) is 10.1. The summed E-state index contributed by atoms with van der Waals surface area (Å²) in [5.74, 6) is 3.33. The van der Waals surface area contributed by atoms with Crippen molar-refractivity contribution in [1.82, 2.24) is 0 Å². The van der Waals surface area contributed by atoms with Gasteiger partial charge in [0.2, 0.25) is 0 Å². The van der Waals surface area contributed by atoms with Gasteiger partial charge in [0.25, 0.3) is 0 Å². The Morgan fingerprint density at radius 2 is 2.00 bits per heavy atom. The van der Waals surface area contributed by atoms with Crippen LogP contribution in [0.15, 0.2) is 23.7 Å². The molecule has 0 fully saturated rings. The van der Waals surface area contributed by atoms with Gasteiger partial charge in [-0.2, -0.15) is 0 Å². The number of hydrogen-bond acceptors (Lipinski definition) is 3. The smallest absolute Gasteiger partial charge is 0.109 e. The van der Waals surface area contributed by atoms with Crippen molar-refractivity contribution in [3.63, 3.8) is 0 Å². The van der Waals surface area contributed by atoms with Gasteiger partial charge in [0, 0.05) is 13.5 Å². The first-order valence-electron chi connectivity index (χ1n) is 6.01. The molecule has 0 atom stereocenters. The molecule has 0 heterocycles. The van der Waals surface area contributed by atoms with Crippen molar-refractivity contribution in [3.8, 4) is 12.3 Å². The molecule has 0 rings (SSSR count). The molecule has 0 aliphatic rings. The number of allylic oxidation sites excluding steroid dienone is 2. The van der Waals surface area contributed by atoms with Crippen molar-refractivity contribution in [2.24, 2.45) is 0 Å². The number of hydrogen-bond donors (Lipinski definition) is 0. The molecular formula is C13H20O3. The average Bonchev–Trinajstić information content (AvgIpc) is 2.25. The number of methoxy groups -OCH3 is 1. The minimum atomic E-state index is -1.92. The van der Waals surface area contributed by atoms with Gasteiger partial charge >= 0.3 is 0 Å². The Bertz CT molecular complexity index is 341. The van der Waals surface area contributed by atoms with E-state index in [9.17, 15) is 0 Å². The Kier molecular flexibility index (Phi) is 7.02. The van der Waals surface area contributed by atoms with E-state index in [1.54, 1.807) is 27.0 Å². The molecule has 0 unspecified atom stereocenters. The van der Waals surface area contributed by atoms with Crippen molar-refractivity contribution < 1.29 is 17.0 Å². The highest BCUT2D eigenvalue weighted by molar-refractivity contribution is 4.93.